The molecular formula is C19H18F3N9O4S. The number of nitrogens with two attached hydrogens (primary N) is 1. The van der Waals surface area contributed by atoms with Crippen LogP contribution in [-0.4, -0.2) is 60.1 Å². The molecule has 3 aromatic heterocycles. The van der Waals surface area contributed by atoms with Gasteiger partial charge in [0, 0.05) is 30.4 Å². The Morgan fingerprint density at radius 3 is 2.75 bits per heavy atom. The Morgan fingerprint density at radius 2 is 2.11 bits per heavy atom. The van der Waals surface area contributed by atoms with Crippen LogP contribution in [0.15, 0.2) is 37.1 Å². The SMILES string of the molecule is N#CCC1(n2cc(-c3ncnc4c3ccn4CO)c(C(N)=O)n2)CC=CN(S(=O)(=O)CC(F)(F)F)N1. The second-order valence-electron chi connectivity index (χ2n) is 7.82. The zero-order valence-corrected chi connectivity index (χ0v) is 19.0. The van der Waals surface area contributed by atoms with Gasteiger partial charge in [-0.2, -0.15) is 29.0 Å². The monoisotopic (exact) mass is 525 g/mol. The highest BCUT2D eigenvalue weighted by Crippen LogP contribution is 2.33. The largest absolute Gasteiger partial charge is 0.404 e. The molecule has 0 radical (unpaired) electrons. The van der Waals surface area contributed by atoms with Crippen molar-refractivity contribution in [2.45, 2.75) is 31.4 Å². The van der Waals surface area contributed by atoms with Crippen molar-refractivity contribution < 1.29 is 31.5 Å². The lowest BCUT2D eigenvalue weighted by atomic mass is 10.0. The number of nitrogens with zero attached hydrogens (tertiary/aromatic N) is 7. The number of carbonyl (C=O) groups excluding carboxylic acids is 1. The molecule has 4 N–H and O–H groups in total. The van der Waals surface area contributed by atoms with Gasteiger partial charge in [0.2, 0.25) is 0 Å². The van der Waals surface area contributed by atoms with E-state index >= 15 is 0 Å². The van der Waals surface area contributed by atoms with Crippen molar-refractivity contribution in [3.05, 3.63) is 42.8 Å². The summed E-state index contributed by atoms with van der Waals surface area (Å²) in [5.41, 5.74) is 6.62. The Labute approximate surface area is 201 Å². The zero-order valence-electron chi connectivity index (χ0n) is 18.2. The van der Waals surface area contributed by atoms with Crippen LogP contribution in [0, 0.1) is 11.3 Å². The van der Waals surface area contributed by atoms with Crippen molar-refractivity contribution in [3.63, 3.8) is 0 Å². The number of fused-ring (bicyclic) bond motifs is 1. The molecule has 1 amide bonds. The van der Waals surface area contributed by atoms with E-state index in [1.807, 2.05) is 6.07 Å². The van der Waals surface area contributed by atoms with Crippen LogP contribution in [0.4, 0.5) is 13.2 Å². The number of carbonyl (C=O) groups is 1. The third-order valence-corrected chi connectivity index (χ3v) is 6.89. The first-order chi connectivity index (χ1) is 16.9. The number of amides is 1. The Bertz CT molecular complexity index is 1510. The van der Waals surface area contributed by atoms with E-state index in [0.29, 0.717) is 11.0 Å². The van der Waals surface area contributed by atoms with Gasteiger partial charge in [-0.15, -0.1) is 0 Å². The fourth-order valence-electron chi connectivity index (χ4n) is 3.82. The highest BCUT2D eigenvalue weighted by Gasteiger charge is 2.44. The molecule has 0 spiro atoms. The van der Waals surface area contributed by atoms with Gasteiger partial charge in [-0.25, -0.2) is 27.5 Å². The van der Waals surface area contributed by atoms with Gasteiger partial charge in [-0.05, 0) is 6.07 Å². The molecular weight excluding hydrogens is 507 g/mol. The molecule has 4 heterocycles. The standard InChI is InChI=1S/C19H18F3N9O4S/c20-19(21,22)9-36(34,35)31-6-1-3-18(28-31,4-5-23)30-8-13(15(27-30)16(24)33)14-12-2-7-29(11-32)17(12)26-10-25-14/h1-2,6-8,10,28,32H,3-4,9,11H2,(H2,24,33). The van der Waals surface area contributed by atoms with Gasteiger partial charge in [0.15, 0.2) is 11.4 Å². The van der Waals surface area contributed by atoms with E-state index in [2.05, 4.69) is 20.5 Å². The summed E-state index contributed by atoms with van der Waals surface area (Å²) in [6.45, 7) is -0.383. The first kappa shape index (κ1) is 25.1. The molecule has 17 heteroatoms. The lowest BCUT2D eigenvalue weighted by Gasteiger charge is -2.39. The molecule has 0 saturated carbocycles. The number of aromatic nitrogens is 5. The van der Waals surface area contributed by atoms with Crippen molar-refractivity contribution in [1.82, 2.24) is 34.2 Å². The van der Waals surface area contributed by atoms with Gasteiger partial charge < -0.3 is 15.4 Å². The minimum atomic E-state index is -5.01. The predicted molar refractivity (Wildman–Crippen MR) is 116 cm³/mol. The van der Waals surface area contributed by atoms with Gasteiger partial charge >= 0.3 is 6.18 Å². The van der Waals surface area contributed by atoms with Crippen LogP contribution in [0.25, 0.3) is 22.3 Å². The number of nitrogens with one attached hydrogen (secondary N) is 1. The molecule has 3 aromatic rings. The van der Waals surface area contributed by atoms with Crippen molar-refractivity contribution in [3.8, 4) is 17.3 Å². The molecule has 1 atom stereocenters. The molecule has 190 valence electrons. The summed E-state index contributed by atoms with van der Waals surface area (Å²) in [6, 6.07) is 3.45. The molecule has 0 bridgehead atoms. The van der Waals surface area contributed by atoms with Crippen LogP contribution in [0.2, 0.25) is 0 Å². The Kier molecular flexibility index (Phi) is 6.20. The highest BCUT2D eigenvalue weighted by atomic mass is 32.2. The summed E-state index contributed by atoms with van der Waals surface area (Å²) in [7, 11) is -4.92. The molecule has 13 nitrogen and oxygen atoms in total. The van der Waals surface area contributed by atoms with Crippen molar-refractivity contribution >= 4 is 27.0 Å². The average Bonchev–Trinajstić information content (AvgIpc) is 3.43. The van der Waals surface area contributed by atoms with Crippen LogP contribution in [-0.2, 0) is 22.4 Å². The maximum absolute atomic E-state index is 12.8. The third-order valence-electron chi connectivity index (χ3n) is 5.38. The number of aliphatic hydroxyl groups is 1. The van der Waals surface area contributed by atoms with E-state index in [0.717, 1.165) is 10.9 Å². The number of nitriles is 1. The lowest BCUT2D eigenvalue weighted by Crippen LogP contribution is -2.58. The molecule has 1 aliphatic heterocycles. The fraction of sp³-hybridized carbons (Fsp3) is 0.316. The molecule has 1 aliphatic rings. The zero-order chi connectivity index (χ0) is 26.3. The summed E-state index contributed by atoms with van der Waals surface area (Å²) in [6.07, 6.45) is 0.641. The topological polar surface area (TPSA) is 185 Å². The molecule has 0 fully saturated rings. The number of rotatable bonds is 7. The first-order valence-electron chi connectivity index (χ1n) is 10.1. The van der Waals surface area contributed by atoms with E-state index in [-0.39, 0.29) is 34.5 Å². The smallest absolute Gasteiger partial charge is 0.376 e. The van der Waals surface area contributed by atoms with Crippen molar-refractivity contribution in [2.75, 3.05) is 5.75 Å². The van der Waals surface area contributed by atoms with Crippen molar-refractivity contribution in [2.24, 2.45) is 5.73 Å². The second-order valence-corrected chi connectivity index (χ2v) is 9.67. The summed E-state index contributed by atoms with van der Waals surface area (Å²) in [5, 5.41) is 23.5. The first-order valence-corrected chi connectivity index (χ1v) is 11.7. The van der Waals surface area contributed by atoms with E-state index in [1.165, 1.54) is 29.4 Å². The van der Waals surface area contributed by atoms with Crippen LogP contribution < -0.4 is 11.2 Å². The van der Waals surface area contributed by atoms with Crippen LogP contribution in [0.3, 0.4) is 0 Å². The van der Waals surface area contributed by atoms with Gasteiger partial charge in [-0.1, -0.05) is 6.08 Å². The molecule has 1 unspecified atom stereocenters. The van der Waals surface area contributed by atoms with Crippen molar-refractivity contribution in [1.29, 1.82) is 5.26 Å². The Balaban J connectivity index is 1.84. The predicted octanol–water partition coefficient (Wildman–Crippen LogP) is 0.526. The summed E-state index contributed by atoms with van der Waals surface area (Å²) >= 11 is 0. The number of aliphatic hydroxyl groups excluding tert-OH is 1. The maximum Gasteiger partial charge on any atom is 0.404 e. The number of hydrazine groups is 1. The Hall–Kier alpha value is -4.01. The fourth-order valence-corrected chi connectivity index (χ4v) is 4.95. The van der Waals surface area contributed by atoms with Crippen LogP contribution in [0.5, 0.6) is 0 Å². The highest BCUT2D eigenvalue weighted by molar-refractivity contribution is 7.89. The maximum atomic E-state index is 12.8. The number of sulfonamides is 1. The van der Waals surface area contributed by atoms with E-state index in [9.17, 15) is 36.8 Å². The Morgan fingerprint density at radius 1 is 1.36 bits per heavy atom. The number of primary amides is 1. The quantitative estimate of drug-likeness (QED) is 0.396. The lowest BCUT2D eigenvalue weighted by molar-refractivity contribution is -0.107. The van der Waals surface area contributed by atoms with Crippen LogP contribution in [0.1, 0.15) is 23.3 Å². The van der Waals surface area contributed by atoms with E-state index < -0.39 is 39.9 Å². The van der Waals surface area contributed by atoms with Gasteiger partial charge in [0.05, 0.1) is 23.7 Å². The normalized spacial score (nSPS) is 18.5. The minimum absolute atomic E-state index is 0.0714. The molecule has 0 saturated heterocycles. The summed E-state index contributed by atoms with van der Waals surface area (Å²) < 4.78 is 66.0. The molecule has 0 aromatic carbocycles. The number of halogens is 3. The van der Waals surface area contributed by atoms with E-state index in [4.69, 9.17) is 5.73 Å². The molecule has 0 aliphatic carbocycles. The average molecular weight is 525 g/mol. The second kappa shape index (κ2) is 8.89. The third kappa shape index (κ3) is 4.48. The van der Waals surface area contributed by atoms with Gasteiger partial charge in [0.1, 0.15) is 24.4 Å². The van der Waals surface area contributed by atoms with Crippen LogP contribution >= 0.6 is 0 Å². The molecule has 36 heavy (non-hydrogen) atoms. The number of hydrogen-bond acceptors (Lipinski definition) is 9. The molecule has 4 rings (SSSR count). The van der Waals surface area contributed by atoms with E-state index in [1.54, 1.807) is 6.07 Å². The van der Waals surface area contributed by atoms with Gasteiger partial charge in [0.25, 0.3) is 15.9 Å². The number of hydrogen-bond donors (Lipinski definition) is 3. The van der Waals surface area contributed by atoms with Gasteiger partial charge in [-0.3, -0.25) is 4.79 Å². The summed E-state index contributed by atoms with van der Waals surface area (Å²) in [5.74, 6) is -3.12. The summed E-state index contributed by atoms with van der Waals surface area (Å²) in [4.78, 5) is 20.5. The minimum Gasteiger partial charge on any atom is -0.376 e. The number of alkyl halides is 3.